The van der Waals surface area contributed by atoms with Gasteiger partial charge in [0.15, 0.2) is 5.75 Å². The summed E-state index contributed by atoms with van der Waals surface area (Å²) in [5, 5.41) is 22.9. The number of nitro benzene ring substituents is 1. The van der Waals surface area contributed by atoms with Crippen molar-refractivity contribution in [2.75, 3.05) is 13.7 Å². The lowest BCUT2D eigenvalue weighted by atomic mass is 9.98. The molecule has 1 unspecified atom stereocenters. The summed E-state index contributed by atoms with van der Waals surface area (Å²) in [6.45, 7) is 3.94. The number of rotatable bonds is 7. The number of nitrogens with one attached hydrogen (secondary N) is 1. The Morgan fingerprint density at radius 3 is 2.80 bits per heavy atom. The van der Waals surface area contributed by atoms with E-state index in [1.165, 1.54) is 6.07 Å². The average Bonchev–Trinajstić information content (AvgIpc) is 2.44. The molecule has 1 N–H and O–H groups in total. The van der Waals surface area contributed by atoms with Gasteiger partial charge < -0.3 is 10.1 Å². The zero-order valence-electron chi connectivity index (χ0n) is 12.0. The van der Waals surface area contributed by atoms with E-state index in [9.17, 15) is 10.1 Å². The molecule has 0 aliphatic carbocycles. The zero-order chi connectivity index (χ0) is 15.2. The average molecular weight is 277 g/mol. The lowest BCUT2D eigenvalue weighted by Crippen LogP contribution is -2.38. The Balaban J connectivity index is 2.59. The van der Waals surface area contributed by atoms with Crippen molar-refractivity contribution in [2.45, 2.75) is 32.2 Å². The van der Waals surface area contributed by atoms with Crippen LogP contribution >= 0.6 is 0 Å². The lowest BCUT2D eigenvalue weighted by Gasteiger charge is -2.20. The van der Waals surface area contributed by atoms with Crippen LogP contribution in [0.15, 0.2) is 18.2 Å². The maximum Gasteiger partial charge on any atom is 0.311 e. The molecular formula is C14H19N3O3. The van der Waals surface area contributed by atoms with Gasteiger partial charge in [-0.3, -0.25) is 10.1 Å². The standard InChI is InChI=1S/C14H19N3O3/c1-11-5-6-13(12(9-11)17(18)19)20-8-4-7-14(2,10-15)16-3/h5-6,9,16H,4,7-8H2,1-3H3. The molecule has 0 amide bonds. The van der Waals surface area contributed by atoms with Gasteiger partial charge in [0.1, 0.15) is 5.54 Å². The van der Waals surface area contributed by atoms with Crippen LogP contribution < -0.4 is 10.1 Å². The molecule has 0 saturated heterocycles. The molecule has 0 bridgehead atoms. The lowest BCUT2D eigenvalue weighted by molar-refractivity contribution is -0.385. The third kappa shape index (κ3) is 4.21. The summed E-state index contributed by atoms with van der Waals surface area (Å²) in [4.78, 5) is 10.5. The van der Waals surface area contributed by atoms with Crippen LogP contribution in [0.3, 0.4) is 0 Å². The zero-order valence-corrected chi connectivity index (χ0v) is 12.0. The van der Waals surface area contributed by atoms with E-state index in [1.54, 1.807) is 33.0 Å². The van der Waals surface area contributed by atoms with Crippen molar-refractivity contribution < 1.29 is 9.66 Å². The summed E-state index contributed by atoms with van der Waals surface area (Å²) < 4.78 is 5.46. The minimum atomic E-state index is -0.595. The number of nitrogens with zero attached hydrogens (tertiary/aromatic N) is 2. The summed E-state index contributed by atoms with van der Waals surface area (Å²) in [5.41, 5.74) is 0.195. The number of benzene rings is 1. The molecule has 20 heavy (non-hydrogen) atoms. The van der Waals surface area contributed by atoms with Gasteiger partial charge in [0, 0.05) is 6.07 Å². The van der Waals surface area contributed by atoms with Gasteiger partial charge in [0.25, 0.3) is 0 Å². The van der Waals surface area contributed by atoms with Crippen molar-refractivity contribution >= 4 is 5.69 Å². The summed E-state index contributed by atoms with van der Waals surface area (Å²) in [5.74, 6) is 0.267. The maximum absolute atomic E-state index is 10.9. The summed E-state index contributed by atoms with van der Waals surface area (Å²) in [7, 11) is 1.73. The van der Waals surface area contributed by atoms with Crippen molar-refractivity contribution in [1.29, 1.82) is 5.26 Å². The first-order valence-corrected chi connectivity index (χ1v) is 6.40. The van der Waals surface area contributed by atoms with Gasteiger partial charge in [-0.2, -0.15) is 5.26 Å². The number of ether oxygens (including phenoxy) is 1. The van der Waals surface area contributed by atoms with E-state index in [4.69, 9.17) is 10.00 Å². The Labute approximate surface area is 118 Å². The second kappa shape index (κ2) is 6.87. The number of hydrogen-bond donors (Lipinski definition) is 1. The Hall–Kier alpha value is -2.13. The Morgan fingerprint density at radius 2 is 2.25 bits per heavy atom. The maximum atomic E-state index is 10.9. The molecule has 0 radical (unpaired) electrons. The second-order valence-electron chi connectivity index (χ2n) is 4.87. The fourth-order valence-corrected chi connectivity index (χ4v) is 1.74. The highest BCUT2D eigenvalue weighted by Crippen LogP contribution is 2.28. The van der Waals surface area contributed by atoms with Crippen LogP contribution in [0.4, 0.5) is 5.69 Å². The number of aryl methyl sites for hydroxylation is 1. The third-order valence-electron chi connectivity index (χ3n) is 3.19. The molecular weight excluding hydrogens is 258 g/mol. The van der Waals surface area contributed by atoms with E-state index in [0.717, 1.165) is 5.56 Å². The summed E-state index contributed by atoms with van der Waals surface area (Å²) >= 11 is 0. The smallest absolute Gasteiger partial charge is 0.311 e. The van der Waals surface area contributed by atoms with Gasteiger partial charge in [-0.25, -0.2) is 0 Å². The van der Waals surface area contributed by atoms with Crippen molar-refractivity contribution in [3.8, 4) is 11.8 Å². The van der Waals surface area contributed by atoms with Crippen molar-refractivity contribution in [3.05, 3.63) is 33.9 Å². The van der Waals surface area contributed by atoms with E-state index in [-0.39, 0.29) is 11.4 Å². The van der Waals surface area contributed by atoms with Gasteiger partial charge in [-0.15, -0.1) is 0 Å². The normalized spacial score (nSPS) is 13.3. The Bertz CT molecular complexity index is 525. The molecule has 0 fully saturated rings. The van der Waals surface area contributed by atoms with E-state index in [1.807, 2.05) is 0 Å². The molecule has 0 saturated carbocycles. The Kier molecular flexibility index (Phi) is 5.47. The predicted octanol–water partition coefficient (Wildman–Crippen LogP) is 2.56. The van der Waals surface area contributed by atoms with Gasteiger partial charge in [-0.05, 0) is 45.4 Å². The van der Waals surface area contributed by atoms with Crippen LogP contribution in [0.5, 0.6) is 5.75 Å². The summed E-state index contributed by atoms with van der Waals surface area (Å²) in [6.07, 6.45) is 1.25. The molecule has 1 aromatic rings. The van der Waals surface area contributed by atoms with E-state index >= 15 is 0 Å². The molecule has 0 spiro atoms. The first kappa shape index (κ1) is 15.9. The SMILES string of the molecule is CNC(C)(C#N)CCCOc1ccc(C)cc1[N+](=O)[O-]. The number of hydrogen-bond acceptors (Lipinski definition) is 5. The fourth-order valence-electron chi connectivity index (χ4n) is 1.74. The molecule has 0 aliphatic heterocycles. The first-order valence-electron chi connectivity index (χ1n) is 6.40. The van der Waals surface area contributed by atoms with E-state index in [2.05, 4.69) is 11.4 Å². The van der Waals surface area contributed by atoms with E-state index < -0.39 is 10.5 Å². The van der Waals surface area contributed by atoms with Gasteiger partial charge in [0.2, 0.25) is 0 Å². The van der Waals surface area contributed by atoms with Gasteiger partial charge in [-0.1, -0.05) is 6.07 Å². The largest absolute Gasteiger partial charge is 0.487 e. The van der Waals surface area contributed by atoms with Crippen molar-refractivity contribution in [1.82, 2.24) is 5.32 Å². The van der Waals surface area contributed by atoms with Gasteiger partial charge in [0.05, 0.1) is 17.6 Å². The van der Waals surface area contributed by atoms with Crippen molar-refractivity contribution in [2.24, 2.45) is 0 Å². The van der Waals surface area contributed by atoms with Crippen LogP contribution in [0.25, 0.3) is 0 Å². The van der Waals surface area contributed by atoms with Crippen LogP contribution in [0, 0.1) is 28.4 Å². The van der Waals surface area contributed by atoms with E-state index in [0.29, 0.717) is 19.4 Å². The fraction of sp³-hybridized carbons (Fsp3) is 0.500. The monoisotopic (exact) mass is 277 g/mol. The molecule has 1 rings (SSSR count). The molecule has 0 aromatic heterocycles. The molecule has 108 valence electrons. The molecule has 1 aromatic carbocycles. The Morgan fingerprint density at radius 1 is 1.55 bits per heavy atom. The quantitative estimate of drug-likeness (QED) is 0.470. The van der Waals surface area contributed by atoms with Crippen molar-refractivity contribution in [3.63, 3.8) is 0 Å². The van der Waals surface area contributed by atoms with Crippen LogP contribution in [0.2, 0.25) is 0 Å². The minimum Gasteiger partial charge on any atom is -0.487 e. The van der Waals surface area contributed by atoms with Crippen LogP contribution in [-0.2, 0) is 0 Å². The molecule has 6 nitrogen and oxygen atoms in total. The number of nitriles is 1. The van der Waals surface area contributed by atoms with Crippen LogP contribution in [0.1, 0.15) is 25.3 Å². The highest BCUT2D eigenvalue weighted by atomic mass is 16.6. The van der Waals surface area contributed by atoms with Crippen LogP contribution in [-0.4, -0.2) is 24.1 Å². The second-order valence-corrected chi connectivity index (χ2v) is 4.87. The molecule has 6 heteroatoms. The highest BCUT2D eigenvalue weighted by molar-refractivity contribution is 5.48. The molecule has 0 aliphatic rings. The predicted molar refractivity (Wildman–Crippen MR) is 75.6 cm³/mol. The number of nitro groups is 1. The third-order valence-corrected chi connectivity index (χ3v) is 3.19. The minimum absolute atomic E-state index is 0.0262. The first-order chi connectivity index (χ1) is 9.41. The molecule has 0 heterocycles. The van der Waals surface area contributed by atoms with Gasteiger partial charge >= 0.3 is 5.69 Å². The highest BCUT2D eigenvalue weighted by Gasteiger charge is 2.21. The summed E-state index contributed by atoms with van der Waals surface area (Å²) in [6, 6.07) is 7.06. The topological polar surface area (TPSA) is 88.2 Å². The molecule has 1 atom stereocenters.